The van der Waals surface area contributed by atoms with Gasteiger partial charge in [0.2, 0.25) is 0 Å². The molecule has 1 aliphatic rings. The molecule has 0 aliphatic heterocycles. The lowest BCUT2D eigenvalue weighted by Crippen LogP contribution is -2.58. The van der Waals surface area contributed by atoms with Crippen molar-refractivity contribution in [1.82, 2.24) is 10.4 Å². The normalized spacial score (nSPS) is 27.5. The average Bonchev–Trinajstić information content (AvgIpc) is 2.47. The first kappa shape index (κ1) is 16.9. The van der Waals surface area contributed by atoms with Crippen molar-refractivity contribution in [3.8, 4) is 0 Å². The first-order chi connectivity index (χ1) is 10.1. The molecular formula is C16H26BrN3O. The lowest BCUT2D eigenvalue weighted by atomic mass is 9.73. The molecule has 0 spiro atoms. The van der Waals surface area contributed by atoms with Crippen molar-refractivity contribution < 1.29 is 4.74 Å². The van der Waals surface area contributed by atoms with Gasteiger partial charge in [0.05, 0.1) is 11.6 Å². The van der Waals surface area contributed by atoms with Crippen LogP contribution in [0.15, 0.2) is 22.8 Å². The Hall–Kier alpha value is -0.490. The minimum atomic E-state index is -0.171. The van der Waals surface area contributed by atoms with Gasteiger partial charge in [-0.25, -0.2) is 0 Å². The number of pyridine rings is 1. The molecule has 118 valence electrons. The van der Waals surface area contributed by atoms with Gasteiger partial charge in [0, 0.05) is 29.4 Å². The molecule has 3 atom stereocenters. The third-order valence-electron chi connectivity index (χ3n) is 4.46. The molecule has 0 radical (unpaired) electrons. The van der Waals surface area contributed by atoms with Crippen LogP contribution in [0.25, 0.3) is 0 Å². The quantitative estimate of drug-likeness (QED) is 0.607. The Labute approximate surface area is 136 Å². The molecule has 4 nitrogen and oxygen atoms in total. The summed E-state index contributed by atoms with van der Waals surface area (Å²) in [6, 6.07) is 4.15. The van der Waals surface area contributed by atoms with Crippen LogP contribution in [-0.4, -0.2) is 23.2 Å². The number of nitrogens with one attached hydrogen (secondary N) is 1. The molecule has 3 unspecified atom stereocenters. The number of aromatic nitrogens is 1. The number of hydrogen-bond acceptors (Lipinski definition) is 4. The summed E-state index contributed by atoms with van der Waals surface area (Å²) >= 11 is 3.42. The molecule has 0 amide bonds. The van der Waals surface area contributed by atoms with Gasteiger partial charge in [0.1, 0.15) is 0 Å². The monoisotopic (exact) mass is 355 g/mol. The van der Waals surface area contributed by atoms with E-state index in [1.54, 1.807) is 0 Å². The summed E-state index contributed by atoms with van der Waals surface area (Å²) in [4.78, 5) is 4.47. The summed E-state index contributed by atoms with van der Waals surface area (Å²) in [5, 5.41) is 0. The summed E-state index contributed by atoms with van der Waals surface area (Å²) < 4.78 is 7.21. The summed E-state index contributed by atoms with van der Waals surface area (Å²) in [6.07, 6.45) is 7.23. The van der Waals surface area contributed by atoms with Crippen LogP contribution in [0.4, 0.5) is 0 Å². The fraction of sp³-hybridized carbons (Fsp3) is 0.688. The first-order valence-electron chi connectivity index (χ1n) is 7.80. The van der Waals surface area contributed by atoms with Crippen LogP contribution in [0.3, 0.4) is 0 Å². The molecule has 1 aromatic heterocycles. The van der Waals surface area contributed by atoms with Gasteiger partial charge >= 0.3 is 0 Å². The molecule has 1 aliphatic carbocycles. The van der Waals surface area contributed by atoms with E-state index in [4.69, 9.17) is 10.6 Å². The Morgan fingerprint density at radius 3 is 2.95 bits per heavy atom. The van der Waals surface area contributed by atoms with Crippen LogP contribution in [0.5, 0.6) is 0 Å². The molecule has 1 heterocycles. The van der Waals surface area contributed by atoms with E-state index in [0.717, 1.165) is 36.0 Å². The number of hydrazine groups is 1. The Morgan fingerprint density at radius 1 is 1.57 bits per heavy atom. The highest BCUT2D eigenvalue weighted by Gasteiger charge is 2.42. The molecule has 1 saturated carbocycles. The van der Waals surface area contributed by atoms with Gasteiger partial charge in [-0.15, -0.1) is 0 Å². The fourth-order valence-corrected chi connectivity index (χ4v) is 3.75. The SMILES string of the molecule is CCOC1(C(Cc2ccc(Br)cn2)NN)CCCC(C)C1. The largest absolute Gasteiger partial charge is 0.374 e. The van der Waals surface area contributed by atoms with Gasteiger partial charge < -0.3 is 4.74 Å². The molecular weight excluding hydrogens is 330 g/mol. The highest BCUT2D eigenvalue weighted by molar-refractivity contribution is 9.10. The summed E-state index contributed by atoms with van der Waals surface area (Å²) in [5.74, 6) is 6.55. The minimum absolute atomic E-state index is 0.0916. The molecule has 21 heavy (non-hydrogen) atoms. The van der Waals surface area contributed by atoms with Gasteiger partial charge in [-0.1, -0.05) is 19.8 Å². The van der Waals surface area contributed by atoms with Crippen molar-refractivity contribution in [2.45, 2.75) is 57.6 Å². The van der Waals surface area contributed by atoms with Crippen molar-refractivity contribution in [3.05, 3.63) is 28.5 Å². The Morgan fingerprint density at radius 2 is 2.38 bits per heavy atom. The molecule has 0 saturated heterocycles. The van der Waals surface area contributed by atoms with E-state index in [9.17, 15) is 0 Å². The van der Waals surface area contributed by atoms with Crippen LogP contribution in [-0.2, 0) is 11.2 Å². The van der Waals surface area contributed by atoms with E-state index in [-0.39, 0.29) is 11.6 Å². The summed E-state index contributed by atoms with van der Waals surface area (Å²) in [5.41, 5.74) is 3.87. The fourth-order valence-electron chi connectivity index (χ4n) is 3.51. The summed E-state index contributed by atoms with van der Waals surface area (Å²) in [6.45, 7) is 5.09. The molecule has 0 bridgehead atoms. The number of nitrogens with two attached hydrogens (primary N) is 1. The number of halogens is 1. The standard InChI is InChI=1S/C16H26BrN3O/c1-3-21-16(8-4-5-12(2)10-16)15(20-18)9-14-7-6-13(17)11-19-14/h6-7,11-12,15,20H,3-5,8-10,18H2,1-2H3. The zero-order chi connectivity index (χ0) is 15.3. The molecule has 1 fully saturated rings. The minimum Gasteiger partial charge on any atom is -0.374 e. The van der Waals surface area contributed by atoms with Gasteiger partial charge in [0.25, 0.3) is 0 Å². The van der Waals surface area contributed by atoms with Gasteiger partial charge in [-0.05, 0) is 53.7 Å². The number of hydrogen-bond donors (Lipinski definition) is 2. The van der Waals surface area contributed by atoms with Crippen molar-refractivity contribution >= 4 is 15.9 Å². The second kappa shape index (κ2) is 7.68. The van der Waals surface area contributed by atoms with E-state index >= 15 is 0 Å². The lowest BCUT2D eigenvalue weighted by molar-refractivity contribution is -0.100. The molecule has 3 N–H and O–H groups in total. The number of rotatable bonds is 6. The van der Waals surface area contributed by atoms with Crippen molar-refractivity contribution in [3.63, 3.8) is 0 Å². The van der Waals surface area contributed by atoms with Gasteiger partial charge in [0.15, 0.2) is 0 Å². The average molecular weight is 356 g/mol. The third kappa shape index (κ3) is 4.25. The zero-order valence-corrected chi connectivity index (χ0v) is 14.5. The molecule has 1 aromatic rings. The van der Waals surface area contributed by atoms with E-state index in [1.807, 2.05) is 18.3 Å². The van der Waals surface area contributed by atoms with Crippen molar-refractivity contribution in [1.29, 1.82) is 0 Å². The van der Waals surface area contributed by atoms with E-state index < -0.39 is 0 Å². The number of nitrogens with zero attached hydrogens (tertiary/aromatic N) is 1. The van der Waals surface area contributed by atoms with Crippen LogP contribution in [0.2, 0.25) is 0 Å². The van der Waals surface area contributed by atoms with Crippen molar-refractivity contribution in [2.24, 2.45) is 11.8 Å². The Balaban J connectivity index is 2.17. The third-order valence-corrected chi connectivity index (χ3v) is 4.93. The number of ether oxygens (including phenoxy) is 1. The highest BCUT2D eigenvalue weighted by Crippen LogP contribution is 2.38. The van der Waals surface area contributed by atoms with Crippen LogP contribution < -0.4 is 11.3 Å². The van der Waals surface area contributed by atoms with Crippen LogP contribution in [0, 0.1) is 5.92 Å². The second-order valence-electron chi connectivity index (χ2n) is 6.09. The zero-order valence-electron chi connectivity index (χ0n) is 12.9. The first-order valence-corrected chi connectivity index (χ1v) is 8.59. The topological polar surface area (TPSA) is 60.2 Å². The highest BCUT2D eigenvalue weighted by atomic mass is 79.9. The van der Waals surface area contributed by atoms with E-state index in [0.29, 0.717) is 5.92 Å². The lowest BCUT2D eigenvalue weighted by Gasteiger charge is -2.45. The maximum absolute atomic E-state index is 6.21. The smallest absolute Gasteiger partial charge is 0.0854 e. The Bertz CT molecular complexity index is 436. The molecule has 0 aromatic carbocycles. The second-order valence-corrected chi connectivity index (χ2v) is 7.01. The maximum atomic E-state index is 6.21. The summed E-state index contributed by atoms with van der Waals surface area (Å²) in [7, 11) is 0. The predicted molar refractivity (Wildman–Crippen MR) is 88.7 cm³/mol. The van der Waals surface area contributed by atoms with Crippen LogP contribution >= 0.6 is 15.9 Å². The van der Waals surface area contributed by atoms with Gasteiger partial charge in [-0.3, -0.25) is 16.3 Å². The van der Waals surface area contributed by atoms with Gasteiger partial charge in [-0.2, -0.15) is 0 Å². The molecule has 2 rings (SSSR count). The van der Waals surface area contributed by atoms with Crippen LogP contribution in [0.1, 0.15) is 45.2 Å². The maximum Gasteiger partial charge on any atom is 0.0854 e. The van der Waals surface area contributed by atoms with E-state index in [2.05, 4.69) is 40.2 Å². The predicted octanol–water partition coefficient (Wildman–Crippen LogP) is 3.20. The van der Waals surface area contributed by atoms with E-state index in [1.165, 1.54) is 12.8 Å². The Kier molecular flexibility index (Phi) is 6.17. The molecule has 5 heteroatoms. The van der Waals surface area contributed by atoms with Crippen molar-refractivity contribution in [2.75, 3.05) is 6.61 Å².